The fraction of sp³-hybridized carbons (Fsp3) is 0.607. The molecule has 0 saturated heterocycles. The van der Waals surface area contributed by atoms with Crippen LogP contribution in [0.5, 0.6) is 5.75 Å². The molecule has 1 unspecified atom stereocenters. The number of hydrogen-bond donors (Lipinski definition) is 0. The molecule has 0 aromatic heterocycles. The normalized spacial score (nSPS) is 30.3. The molecular weight excluding hydrogens is 384 g/mol. The molecule has 0 N–H and O–H groups in total. The Hall–Kier alpha value is -2.03. The Kier molecular flexibility index (Phi) is 7.03. The Balaban J connectivity index is 2.00. The van der Waals surface area contributed by atoms with Gasteiger partial charge in [-0.05, 0) is 105 Å². The summed E-state index contributed by atoms with van der Waals surface area (Å²) in [5, 5.41) is 0. The molecule has 3 heteroatoms. The van der Waals surface area contributed by atoms with Crippen molar-refractivity contribution in [2.75, 3.05) is 13.7 Å². The minimum absolute atomic E-state index is 0.125. The highest BCUT2D eigenvalue weighted by Gasteiger charge is 2.54. The van der Waals surface area contributed by atoms with E-state index >= 15 is 0 Å². The summed E-state index contributed by atoms with van der Waals surface area (Å²) in [5.41, 5.74) is 4.71. The average molecular weight is 425 g/mol. The van der Waals surface area contributed by atoms with Crippen molar-refractivity contribution in [2.24, 2.45) is 22.7 Å². The van der Waals surface area contributed by atoms with Gasteiger partial charge in [0.15, 0.2) is 0 Å². The molecule has 3 nitrogen and oxygen atoms in total. The van der Waals surface area contributed by atoms with E-state index in [2.05, 4.69) is 47.3 Å². The van der Waals surface area contributed by atoms with E-state index in [4.69, 9.17) is 9.47 Å². The fourth-order valence-electron chi connectivity index (χ4n) is 6.08. The van der Waals surface area contributed by atoms with Crippen LogP contribution < -0.4 is 4.74 Å². The zero-order chi connectivity index (χ0) is 22.8. The van der Waals surface area contributed by atoms with Crippen molar-refractivity contribution in [2.45, 2.75) is 73.1 Å². The van der Waals surface area contributed by atoms with Crippen LogP contribution in [0.4, 0.5) is 0 Å². The van der Waals surface area contributed by atoms with Gasteiger partial charge in [-0.3, -0.25) is 0 Å². The van der Waals surface area contributed by atoms with Crippen molar-refractivity contribution in [3.8, 4) is 5.75 Å². The van der Waals surface area contributed by atoms with Crippen LogP contribution in [0.1, 0.15) is 82.6 Å². The molecule has 170 valence electrons. The van der Waals surface area contributed by atoms with E-state index in [0.717, 1.165) is 24.2 Å². The van der Waals surface area contributed by atoms with Crippen molar-refractivity contribution >= 4 is 5.97 Å². The van der Waals surface area contributed by atoms with Gasteiger partial charge in [-0.15, -0.1) is 0 Å². The first-order valence-electron chi connectivity index (χ1n) is 11.8. The van der Waals surface area contributed by atoms with Gasteiger partial charge in [-0.2, -0.15) is 0 Å². The fourth-order valence-corrected chi connectivity index (χ4v) is 6.08. The number of allylic oxidation sites excluding steroid dienone is 2. The SMILES string of the molecule is C=C1CCCC2[C@](C)(Cc3cc(C(=O)OC)ccc3OCC=C(C)C)[C@@H](C)CC[C@]12C. The monoisotopic (exact) mass is 424 g/mol. The summed E-state index contributed by atoms with van der Waals surface area (Å²) in [6.45, 7) is 16.5. The molecule has 1 aromatic carbocycles. The van der Waals surface area contributed by atoms with Gasteiger partial charge < -0.3 is 9.47 Å². The molecule has 2 saturated carbocycles. The molecule has 2 aliphatic carbocycles. The number of fused-ring (bicyclic) bond motifs is 1. The molecular formula is C28H40O3. The summed E-state index contributed by atoms with van der Waals surface area (Å²) in [6, 6.07) is 5.74. The van der Waals surface area contributed by atoms with E-state index in [0.29, 0.717) is 24.0 Å². The predicted molar refractivity (Wildman–Crippen MR) is 128 cm³/mol. The Morgan fingerprint density at radius 1 is 1.26 bits per heavy atom. The van der Waals surface area contributed by atoms with Gasteiger partial charge in [-0.25, -0.2) is 4.79 Å². The summed E-state index contributed by atoms with van der Waals surface area (Å²) < 4.78 is 11.2. The standard InChI is InChI=1S/C28H40O3/c1-19(2)14-16-31-24-12-11-22(26(29)30-7)17-23(24)18-28(6)21(4)13-15-27(5)20(3)9-8-10-25(27)28/h11-12,14,17,21,25H,3,8-10,13,15-16,18H2,1-2,4-7H3/t21-,25?,27+,28+/m0/s1. The quantitative estimate of drug-likeness (QED) is 0.359. The average Bonchev–Trinajstić information content (AvgIpc) is 2.73. The number of carbonyl (C=O) groups is 1. The summed E-state index contributed by atoms with van der Waals surface area (Å²) in [4.78, 5) is 12.3. The van der Waals surface area contributed by atoms with Crippen LogP contribution in [0.3, 0.4) is 0 Å². The third-order valence-electron chi connectivity index (χ3n) is 8.35. The lowest BCUT2D eigenvalue weighted by atomic mass is 9.46. The second-order valence-electron chi connectivity index (χ2n) is 10.5. The van der Waals surface area contributed by atoms with Gasteiger partial charge in [0.2, 0.25) is 0 Å². The van der Waals surface area contributed by atoms with E-state index in [9.17, 15) is 4.79 Å². The van der Waals surface area contributed by atoms with E-state index in [-0.39, 0.29) is 16.8 Å². The highest BCUT2D eigenvalue weighted by molar-refractivity contribution is 5.89. The second-order valence-corrected chi connectivity index (χ2v) is 10.5. The summed E-state index contributed by atoms with van der Waals surface area (Å²) in [5.74, 6) is 1.77. The summed E-state index contributed by atoms with van der Waals surface area (Å²) >= 11 is 0. The molecule has 2 fully saturated rings. The number of hydrogen-bond acceptors (Lipinski definition) is 3. The highest BCUT2D eigenvalue weighted by Crippen LogP contribution is 2.62. The van der Waals surface area contributed by atoms with Gasteiger partial charge in [0.05, 0.1) is 12.7 Å². The van der Waals surface area contributed by atoms with E-state index in [1.165, 1.54) is 43.9 Å². The number of esters is 1. The summed E-state index contributed by atoms with van der Waals surface area (Å²) in [7, 11) is 1.44. The van der Waals surface area contributed by atoms with Gasteiger partial charge in [0, 0.05) is 0 Å². The minimum atomic E-state index is -0.296. The van der Waals surface area contributed by atoms with E-state index in [1.54, 1.807) is 0 Å². The van der Waals surface area contributed by atoms with Crippen LogP contribution in [0, 0.1) is 22.7 Å². The highest BCUT2D eigenvalue weighted by atomic mass is 16.5. The molecule has 0 bridgehead atoms. The zero-order valence-electron chi connectivity index (χ0n) is 20.3. The lowest BCUT2D eigenvalue weighted by Gasteiger charge is -2.59. The molecule has 0 aliphatic heterocycles. The van der Waals surface area contributed by atoms with Crippen molar-refractivity contribution in [3.63, 3.8) is 0 Å². The van der Waals surface area contributed by atoms with Crippen LogP contribution in [0.15, 0.2) is 42.0 Å². The molecule has 0 radical (unpaired) electrons. The molecule has 0 amide bonds. The number of rotatable bonds is 6. The van der Waals surface area contributed by atoms with Gasteiger partial charge >= 0.3 is 5.97 Å². The maximum absolute atomic E-state index is 12.3. The largest absolute Gasteiger partial charge is 0.489 e. The van der Waals surface area contributed by atoms with Crippen LogP contribution in [-0.2, 0) is 11.2 Å². The van der Waals surface area contributed by atoms with Crippen molar-refractivity contribution in [1.29, 1.82) is 0 Å². The summed E-state index contributed by atoms with van der Waals surface area (Å²) in [6.07, 6.45) is 9.08. The first kappa shape index (κ1) is 23.6. The number of ether oxygens (including phenoxy) is 2. The van der Waals surface area contributed by atoms with Crippen LogP contribution >= 0.6 is 0 Å². The van der Waals surface area contributed by atoms with Crippen molar-refractivity contribution < 1.29 is 14.3 Å². The Bertz CT molecular complexity index is 863. The lowest BCUT2D eigenvalue weighted by Crippen LogP contribution is -2.51. The van der Waals surface area contributed by atoms with Crippen LogP contribution in [-0.4, -0.2) is 19.7 Å². The number of benzene rings is 1. The lowest BCUT2D eigenvalue weighted by molar-refractivity contribution is -0.0491. The molecule has 4 atom stereocenters. The predicted octanol–water partition coefficient (Wildman–Crippen LogP) is 7.16. The van der Waals surface area contributed by atoms with Crippen molar-refractivity contribution in [3.05, 3.63) is 53.1 Å². The van der Waals surface area contributed by atoms with Crippen LogP contribution in [0.25, 0.3) is 0 Å². The molecule has 2 aliphatic rings. The molecule has 1 aromatic rings. The van der Waals surface area contributed by atoms with Crippen molar-refractivity contribution in [1.82, 2.24) is 0 Å². The third-order valence-corrected chi connectivity index (χ3v) is 8.35. The van der Waals surface area contributed by atoms with E-state index in [1.807, 2.05) is 18.2 Å². The topological polar surface area (TPSA) is 35.5 Å². The van der Waals surface area contributed by atoms with Crippen LogP contribution in [0.2, 0.25) is 0 Å². The Morgan fingerprint density at radius 2 is 2.00 bits per heavy atom. The minimum Gasteiger partial charge on any atom is -0.489 e. The van der Waals surface area contributed by atoms with Gasteiger partial charge in [0.1, 0.15) is 12.4 Å². The second kappa shape index (κ2) is 9.22. The number of methoxy groups -OCH3 is 1. The maximum atomic E-state index is 12.3. The Morgan fingerprint density at radius 3 is 2.68 bits per heavy atom. The third kappa shape index (κ3) is 4.61. The maximum Gasteiger partial charge on any atom is 0.337 e. The molecule has 31 heavy (non-hydrogen) atoms. The van der Waals surface area contributed by atoms with Gasteiger partial charge in [-0.1, -0.05) is 38.5 Å². The molecule has 0 heterocycles. The van der Waals surface area contributed by atoms with E-state index < -0.39 is 0 Å². The first-order chi connectivity index (χ1) is 14.6. The zero-order valence-corrected chi connectivity index (χ0v) is 20.3. The smallest absolute Gasteiger partial charge is 0.337 e. The Labute approximate surface area is 188 Å². The first-order valence-corrected chi connectivity index (χ1v) is 11.8. The number of carbonyl (C=O) groups excluding carboxylic acids is 1. The van der Waals surface area contributed by atoms with Gasteiger partial charge in [0.25, 0.3) is 0 Å². The molecule has 3 rings (SSSR count). The molecule has 0 spiro atoms.